The zero-order chi connectivity index (χ0) is 18.2. The van der Waals surface area contributed by atoms with Gasteiger partial charge in [0.15, 0.2) is 6.61 Å². The number of aromatic nitrogens is 2. The van der Waals surface area contributed by atoms with Crippen LogP contribution in [0.3, 0.4) is 0 Å². The highest BCUT2D eigenvalue weighted by Crippen LogP contribution is 2.08. The predicted molar refractivity (Wildman–Crippen MR) is 93.4 cm³/mol. The van der Waals surface area contributed by atoms with E-state index in [0.29, 0.717) is 24.3 Å². The van der Waals surface area contributed by atoms with Gasteiger partial charge in [-0.15, -0.1) is 0 Å². The minimum absolute atomic E-state index is 0.127. The molecule has 25 heavy (non-hydrogen) atoms. The van der Waals surface area contributed by atoms with Crippen LogP contribution in [0, 0.1) is 6.92 Å². The van der Waals surface area contributed by atoms with E-state index in [9.17, 15) is 14.4 Å². The molecule has 0 fully saturated rings. The number of carbonyl (C=O) groups is 3. The first-order valence-corrected chi connectivity index (χ1v) is 8.66. The molecule has 2 aromatic heterocycles. The highest BCUT2D eigenvalue weighted by atomic mass is 32.1. The molecule has 0 saturated heterocycles. The van der Waals surface area contributed by atoms with Gasteiger partial charge in [-0.25, -0.2) is 0 Å². The Labute approximate surface area is 149 Å². The molecule has 2 N–H and O–H groups in total. The maximum absolute atomic E-state index is 11.7. The lowest BCUT2D eigenvalue weighted by molar-refractivity contribution is -0.147. The third-order valence-electron chi connectivity index (χ3n) is 3.26. The number of rotatable bonds is 8. The number of hydrogen-bond donors (Lipinski definition) is 2. The quantitative estimate of drug-likeness (QED) is 0.546. The standard InChI is InChI=1S/C16H20N4O4S/c1-11-8-13(20(2)19-11)18-14(21)9-24-15(22)4-3-6-17-16(23)12-5-7-25-10-12/h5,7-8,10H,3-4,6,9H2,1-2H3,(H,17,23)(H,18,21). The van der Waals surface area contributed by atoms with Gasteiger partial charge < -0.3 is 15.4 Å². The van der Waals surface area contributed by atoms with Crippen molar-refractivity contribution in [2.75, 3.05) is 18.5 Å². The third kappa shape index (κ3) is 6.03. The Hall–Kier alpha value is -2.68. The SMILES string of the molecule is Cc1cc(NC(=O)COC(=O)CCCNC(=O)c2ccsc2)n(C)n1. The van der Waals surface area contributed by atoms with Crippen LogP contribution in [0.15, 0.2) is 22.9 Å². The van der Waals surface area contributed by atoms with E-state index >= 15 is 0 Å². The molecule has 2 rings (SSSR count). The highest BCUT2D eigenvalue weighted by molar-refractivity contribution is 7.08. The first-order valence-electron chi connectivity index (χ1n) is 7.72. The summed E-state index contributed by atoms with van der Waals surface area (Å²) in [5, 5.41) is 13.0. The van der Waals surface area contributed by atoms with E-state index < -0.39 is 11.9 Å². The summed E-state index contributed by atoms with van der Waals surface area (Å²) in [5.74, 6) is -0.543. The van der Waals surface area contributed by atoms with E-state index in [0.717, 1.165) is 5.69 Å². The summed E-state index contributed by atoms with van der Waals surface area (Å²) in [6.07, 6.45) is 0.569. The number of ether oxygens (including phenoxy) is 1. The molecule has 0 aliphatic heterocycles. The Kier molecular flexibility index (Phi) is 6.70. The summed E-state index contributed by atoms with van der Waals surface area (Å²) >= 11 is 1.45. The zero-order valence-corrected chi connectivity index (χ0v) is 14.9. The number of nitrogens with one attached hydrogen (secondary N) is 2. The molecule has 0 radical (unpaired) electrons. The van der Waals surface area contributed by atoms with Crippen molar-refractivity contribution in [1.29, 1.82) is 0 Å². The summed E-state index contributed by atoms with van der Waals surface area (Å²) in [7, 11) is 1.71. The highest BCUT2D eigenvalue weighted by Gasteiger charge is 2.11. The van der Waals surface area contributed by atoms with Gasteiger partial charge in [-0.1, -0.05) is 0 Å². The van der Waals surface area contributed by atoms with Gasteiger partial charge in [0.2, 0.25) is 0 Å². The van der Waals surface area contributed by atoms with Gasteiger partial charge in [0.05, 0.1) is 5.69 Å². The molecule has 0 saturated carbocycles. The number of nitrogens with zero attached hydrogens (tertiary/aromatic N) is 2. The Morgan fingerprint density at radius 1 is 1.36 bits per heavy atom. The van der Waals surface area contributed by atoms with Crippen LogP contribution in [0.1, 0.15) is 28.9 Å². The first-order chi connectivity index (χ1) is 12.0. The van der Waals surface area contributed by atoms with Gasteiger partial charge in [0, 0.05) is 37.0 Å². The average molecular weight is 364 g/mol. The molecule has 0 aromatic carbocycles. The molecule has 2 amide bonds. The number of anilines is 1. The monoisotopic (exact) mass is 364 g/mol. The molecule has 134 valence electrons. The van der Waals surface area contributed by atoms with Crippen molar-refractivity contribution in [2.24, 2.45) is 7.05 Å². The lowest BCUT2D eigenvalue weighted by atomic mass is 10.3. The van der Waals surface area contributed by atoms with Gasteiger partial charge >= 0.3 is 5.97 Å². The fourth-order valence-corrected chi connectivity index (χ4v) is 2.69. The van der Waals surface area contributed by atoms with Crippen LogP contribution in [-0.4, -0.2) is 40.7 Å². The van der Waals surface area contributed by atoms with E-state index in [-0.39, 0.29) is 18.9 Å². The molecular weight excluding hydrogens is 344 g/mol. The molecule has 0 spiro atoms. The smallest absolute Gasteiger partial charge is 0.306 e. The maximum Gasteiger partial charge on any atom is 0.306 e. The Balaban J connectivity index is 1.59. The average Bonchev–Trinajstić information content (AvgIpc) is 3.20. The fraction of sp³-hybridized carbons (Fsp3) is 0.375. The third-order valence-corrected chi connectivity index (χ3v) is 3.94. The van der Waals surface area contributed by atoms with E-state index in [4.69, 9.17) is 4.74 Å². The lowest BCUT2D eigenvalue weighted by Crippen LogP contribution is -2.25. The van der Waals surface area contributed by atoms with Crippen molar-refractivity contribution in [3.05, 3.63) is 34.2 Å². The summed E-state index contributed by atoms with van der Waals surface area (Å²) in [6, 6.07) is 3.45. The zero-order valence-electron chi connectivity index (χ0n) is 14.1. The molecule has 0 aliphatic carbocycles. The van der Waals surface area contributed by atoms with Gasteiger partial charge in [-0.2, -0.15) is 16.4 Å². The second kappa shape index (κ2) is 8.97. The van der Waals surface area contributed by atoms with Gasteiger partial charge in [0.25, 0.3) is 11.8 Å². The second-order valence-corrected chi connectivity index (χ2v) is 6.15. The number of amides is 2. The van der Waals surface area contributed by atoms with Crippen LogP contribution < -0.4 is 10.6 Å². The maximum atomic E-state index is 11.7. The van der Waals surface area contributed by atoms with Crippen molar-refractivity contribution in [3.8, 4) is 0 Å². The van der Waals surface area contributed by atoms with Crippen LogP contribution in [0.25, 0.3) is 0 Å². The molecular formula is C16H20N4O4S. The molecule has 0 unspecified atom stereocenters. The van der Waals surface area contributed by atoms with Crippen LogP contribution >= 0.6 is 11.3 Å². The van der Waals surface area contributed by atoms with Crippen LogP contribution in [-0.2, 0) is 21.4 Å². The van der Waals surface area contributed by atoms with Gasteiger partial charge in [-0.3, -0.25) is 19.1 Å². The van der Waals surface area contributed by atoms with E-state index in [2.05, 4.69) is 15.7 Å². The van der Waals surface area contributed by atoms with Crippen molar-refractivity contribution < 1.29 is 19.1 Å². The predicted octanol–water partition coefficient (Wildman–Crippen LogP) is 1.48. The molecule has 0 bridgehead atoms. The molecule has 2 aromatic rings. The minimum Gasteiger partial charge on any atom is -0.456 e. The number of thiophene rings is 1. The summed E-state index contributed by atoms with van der Waals surface area (Å²) in [6.45, 7) is 1.82. The van der Waals surface area contributed by atoms with Gasteiger partial charge in [0.1, 0.15) is 5.82 Å². The molecule has 8 nitrogen and oxygen atoms in total. The van der Waals surface area contributed by atoms with E-state index in [1.807, 2.05) is 12.3 Å². The normalized spacial score (nSPS) is 10.3. The van der Waals surface area contributed by atoms with Gasteiger partial charge in [-0.05, 0) is 24.8 Å². The van der Waals surface area contributed by atoms with Crippen molar-refractivity contribution in [3.63, 3.8) is 0 Å². The number of hydrogen-bond acceptors (Lipinski definition) is 6. The fourth-order valence-electron chi connectivity index (χ4n) is 2.06. The molecule has 2 heterocycles. The molecule has 9 heteroatoms. The lowest BCUT2D eigenvalue weighted by Gasteiger charge is -2.07. The van der Waals surface area contributed by atoms with Crippen molar-refractivity contribution in [1.82, 2.24) is 15.1 Å². The van der Waals surface area contributed by atoms with Crippen molar-refractivity contribution >= 4 is 34.9 Å². The van der Waals surface area contributed by atoms with Crippen LogP contribution in [0.4, 0.5) is 5.82 Å². The van der Waals surface area contributed by atoms with Crippen molar-refractivity contribution in [2.45, 2.75) is 19.8 Å². The first kappa shape index (κ1) is 18.7. The minimum atomic E-state index is -0.485. The van der Waals surface area contributed by atoms with E-state index in [1.165, 1.54) is 16.0 Å². The Morgan fingerprint density at radius 3 is 2.80 bits per heavy atom. The summed E-state index contributed by atoms with van der Waals surface area (Å²) in [5.41, 5.74) is 1.38. The topological polar surface area (TPSA) is 102 Å². The van der Waals surface area contributed by atoms with E-state index in [1.54, 1.807) is 24.6 Å². The van der Waals surface area contributed by atoms with Crippen LogP contribution in [0.5, 0.6) is 0 Å². The second-order valence-electron chi connectivity index (χ2n) is 5.37. The largest absolute Gasteiger partial charge is 0.456 e. The number of esters is 1. The molecule has 0 aliphatic rings. The Morgan fingerprint density at radius 2 is 2.16 bits per heavy atom. The number of aryl methyl sites for hydroxylation is 2. The summed E-state index contributed by atoms with van der Waals surface area (Å²) < 4.78 is 6.44. The number of carbonyl (C=O) groups excluding carboxylic acids is 3. The summed E-state index contributed by atoms with van der Waals surface area (Å²) in [4.78, 5) is 35.0. The Bertz CT molecular complexity index is 739. The molecule has 0 atom stereocenters. The van der Waals surface area contributed by atoms with Crippen LogP contribution in [0.2, 0.25) is 0 Å².